The number of amides is 2. The largest absolute Gasteiger partial charge is 0.399 e. The van der Waals surface area contributed by atoms with Gasteiger partial charge in [-0.3, -0.25) is 0 Å². The van der Waals surface area contributed by atoms with Crippen LogP contribution in [0.2, 0.25) is 0 Å². The quantitative estimate of drug-likeness (QED) is 0.381. The van der Waals surface area contributed by atoms with Gasteiger partial charge in [-0.15, -0.1) is 0 Å². The highest BCUT2D eigenvalue weighted by molar-refractivity contribution is 7.89. The van der Waals surface area contributed by atoms with Crippen LogP contribution in [0.5, 0.6) is 0 Å². The Morgan fingerprint density at radius 1 is 1.30 bits per heavy atom. The third kappa shape index (κ3) is 3.00. The molecule has 20 heavy (non-hydrogen) atoms. The van der Waals surface area contributed by atoms with Gasteiger partial charge in [0.05, 0.1) is 0 Å². The summed E-state index contributed by atoms with van der Waals surface area (Å²) >= 11 is 0. The summed E-state index contributed by atoms with van der Waals surface area (Å²) in [6.45, 7) is 0.163. The van der Waals surface area contributed by atoms with Crippen LogP contribution in [0.1, 0.15) is 0 Å². The molecular weight excluding hydrogens is 282 g/mol. The van der Waals surface area contributed by atoms with Gasteiger partial charge in [-0.1, -0.05) is 0 Å². The normalized spacial score (nSPS) is 11.6. The van der Waals surface area contributed by atoms with Gasteiger partial charge in [0.1, 0.15) is 4.90 Å². The van der Waals surface area contributed by atoms with Crippen molar-refractivity contribution in [2.24, 2.45) is 5.73 Å². The van der Waals surface area contributed by atoms with Crippen LogP contribution in [0.25, 0.3) is 10.9 Å². The molecule has 1 aromatic heterocycles. The van der Waals surface area contributed by atoms with Crippen molar-refractivity contribution in [1.82, 2.24) is 15.0 Å². The number of hydrogen-bond acceptors (Lipinski definition) is 4. The Bertz CT molecular complexity index is 738. The number of carbonyl (C=O) groups excluding carboxylic acids is 1. The average molecular weight is 297 g/mol. The lowest BCUT2D eigenvalue weighted by atomic mass is 10.2. The maximum absolute atomic E-state index is 12.1. The fraction of sp³-hybridized carbons (Fsp3) is 0.182. The minimum absolute atomic E-state index is 0.0485. The van der Waals surface area contributed by atoms with Crippen LogP contribution >= 0.6 is 0 Å². The van der Waals surface area contributed by atoms with Crippen molar-refractivity contribution < 1.29 is 13.2 Å². The molecule has 0 spiro atoms. The van der Waals surface area contributed by atoms with Gasteiger partial charge in [-0.2, -0.15) is 0 Å². The molecule has 8 nitrogen and oxygen atoms in total. The summed E-state index contributed by atoms with van der Waals surface area (Å²) in [5.74, 6) is 0. The number of nitrogens with one attached hydrogen (secondary N) is 3. The molecule has 0 radical (unpaired) electrons. The van der Waals surface area contributed by atoms with Crippen molar-refractivity contribution >= 4 is 32.6 Å². The predicted molar refractivity (Wildman–Crippen MR) is 75.5 cm³/mol. The molecule has 0 unspecified atom stereocenters. The first kappa shape index (κ1) is 14.2. The average Bonchev–Trinajstić information content (AvgIpc) is 2.78. The van der Waals surface area contributed by atoms with Gasteiger partial charge in [0.2, 0.25) is 10.0 Å². The number of carbonyl (C=O) groups is 1. The third-order valence-electron chi connectivity index (χ3n) is 2.67. The van der Waals surface area contributed by atoms with E-state index in [1.54, 1.807) is 18.2 Å². The van der Waals surface area contributed by atoms with Crippen LogP contribution in [0.3, 0.4) is 0 Å². The van der Waals surface area contributed by atoms with Crippen molar-refractivity contribution in [3.8, 4) is 0 Å². The number of H-pyrrole nitrogens is 1. The summed E-state index contributed by atoms with van der Waals surface area (Å²) in [4.78, 5) is 13.5. The Kier molecular flexibility index (Phi) is 3.81. The Morgan fingerprint density at radius 3 is 2.75 bits per heavy atom. The van der Waals surface area contributed by atoms with Crippen LogP contribution < -0.4 is 21.5 Å². The zero-order valence-corrected chi connectivity index (χ0v) is 11.3. The van der Waals surface area contributed by atoms with Gasteiger partial charge in [0.25, 0.3) is 0 Å². The number of anilines is 1. The number of nitrogen functional groups attached to an aromatic ring is 1. The highest BCUT2D eigenvalue weighted by Gasteiger charge is 2.18. The van der Waals surface area contributed by atoms with Crippen molar-refractivity contribution in [3.05, 3.63) is 24.4 Å². The van der Waals surface area contributed by atoms with Crippen LogP contribution in [0.15, 0.2) is 29.3 Å². The van der Waals surface area contributed by atoms with Crippen molar-refractivity contribution in [1.29, 1.82) is 0 Å². The number of benzene rings is 1. The van der Waals surface area contributed by atoms with Gasteiger partial charge in [0.15, 0.2) is 0 Å². The maximum atomic E-state index is 12.1. The van der Waals surface area contributed by atoms with Crippen molar-refractivity contribution in [2.75, 3.05) is 18.8 Å². The first-order valence-electron chi connectivity index (χ1n) is 5.80. The summed E-state index contributed by atoms with van der Waals surface area (Å²) in [5, 5.41) is 2.85. The van der Waals surface area contributed by atoms with Gasteiger partial charge in [-0.05, 0) is 18.2 Å². The first-order valence-corrected chi connectivity index (χ1v) is 7.28. The molecule has 0 fully saturated rings. The van der Waals surface area contributed by atoms with Gasteiger partial charge in [0, 0.05) is 35.9 Å². The van der Waals surface area contributed by atoms with E-state index in [1.807, 2.05) is 0 Å². The number of hydrogen-bond donors (Lipinski definition) is 5. The number of nitrogens with two attached hydrogens (primary N) is 2. The second-order valence-corrected chi connectivity index (χ2v) is 5.88. The Balaban J connectivity index is 2.17. The zero-order chi connectivity index (χ0) is 14.8. The van der Waals surface area contributed by atoms with E-state index in [-0.39, 0.29) is 18.0 Å². The minimum atomic E-state index is -3.67. The highest BCUT2D eigenvalue weighted by Crippen LogP contribution is 2.24. The van der Waals surface area contributed by atoms with E-state index in [1.165, 1.54) is 6.20 Å². The smallest absolute Gasteiger partial charge is 0.312 e. The first-order chi connectivity index (χ1) is 9.40. The molecule has 0 aliphatic rings. The molecule has 2 rings (SSSR count). The van der Waals surface area contributed by atoms with Crippen LogP contribution in [0.4, 0.5) is 10.5 Å². The lowest BCUT2D eigenvalue weighted by Crippen LogP contribution is -2.37. The predicted octanol–water partition coefficient (Wildman–Crippen LogP) is -0.303. The molecule has 0 bridgehead atoms. The van der Waals surface area contributed by atoms with Crippen LogP contribution in [-0.2, 0) is 10.0 Å². The number of sulfonamides is 1. The van der Waals surface area contributed by atoms with E-state index in [0.29, 0.717) is 16.6 Å². The van der Waals surface area contributed by atoms with Crippen molar-refractivity contribution in [2.45, 2.75) is 4.90 Å². The standard InChI is InChI=1S/C11H15N5O3S/c12-7-1-2-8-9(5-7)15-6-10(8)20(18,19)16-4-3-14-11(13)17/h1-2,5-6,15-16H,3-4,12H2,(H3,13,14,17). The fourth-order valence-corrected chi connectivity index (χ4v) is 3.00. The summed E-state index contributed by atoms with van der Waals surface area (Å²) in [6.07, 6.45) is 1.40. The van der Waals surface area contributed by atoms with E-state index in [9.17, 15) is 13.2 Å². The van der Waals surface area contributed by atoms with E-state index in [2.05, 4.69) is 15.0 Å². The van der Waals surface area contributed by atoms with Gasteiger partial charge in [-0.25, -0.2) is 17.9 Å². The minimum Gasteiger partial charge on any atom is -0.399 e. The number of rotatable bonds is 5. The topological polar surface area (TPSA) is 143 Å². The van der Waals surface area contributed by atoms with Gasteiger partial charge < -0.3 is 21.8 Å². The highest BCUT2D eigenvalue weighted by atomic mass is 32.2. The SMILES string of the molecule is NC(=O)NCCNS(=O)(=O)c1c[nH]c2cc(N)ccc12. The summed E-state index contributed by atoms with van der Waals surface area (Å²) in [6, 6.07) is 4.22. The lowest BCUT2D eigenvalue weighted by molar-refractivity contribution is 0.249. The number of fused-ring (bicyclic) bond motifs is 1. The fourth-order valence-electron chi connectivity index (χ4n) is 1.79. The van der Waals surface area contributed by atoms with E-state index < -0.39 is 16.1 Å². The monoisotopic (exact) mass is 297 g/mol. The second-order valence-electron chi connectivity index (χ2n) is 4.15. The molecule has 1 aromatic carbocycles. The molecule has 108 valence electrons. The summed E-state index contributed by atoms with van der Waals surface area (Å²) in [7, 11) is -3.67. The molecule has 0 aliphatic heterocycles. The zero-order valence-electron chi connectivity index (χ0n) is 10.5. The Hall–Kier alpha value is -2.26. The summed E-state index contributed by atoms with van der Waals surface area (Å²) in [5.41, 5.74) is 11.7. The molecule has 0 saturated heterocycles. The number of urea groups is 1. The molecule has 0 aliphatic carbocycles. The molecule has 2 amide bonds. The molecule has 1 heterocycles. The Morgan fingerprint density at radius 2 is 2.05 bits per heavy atom. The number of primary amides is 1. The molecule has 0 saturated carbocycles. The van der Waals surface area contributed by atoms with Crippen molar-refractivity contribution in [3.63, 3.8) is 0 Å². The second kappa shape index (κ2) is 5.39. The Labute approximate surface area is 115 Å². The molecular formula is C11H15N5O3S. The molecule has 0 atom stereocenters. The summed E-state index contributed by atoms with van der Waals surface area (Å²) < 4.78 is 26.6. The van der Waals surface area contributed by atoms with Gasteiger partial charge >= 0.3 is 6.03 Å². The maximum Gasteiger partial charge on any atom is 0.312 e. The molecule has 9 heteroatoms. The van der Waals surface area contributed by atoms with Crippen LogP contribution in [-0.4, -0.2) is 32.5 Å². The van der Waals surface area contributed by atoms with Crippen LogP contribution in [0, 0.1) is 0 Å². The van der Waals surface area contributed by atoms with E-state index >= 15 is 0 Å². The molecule has 2 aromatic rings. The molecule has 7 N–H and O–H groups in total. The number of aromatic nitrogens is 1. The number of aromatic amines is 1. The van der Waals surface area contributed by atoms with E-state index in [0.717, 1.165) is 0 Å². The third-order valence-corrected chi connectivity index (χ3v) is 4.17. The van der Waals surface area contributed by atoms with E-state index in [4.69, 9.17) is 11.5 Å². The lowest BCUT2D eigenvalue weighted by Gasteiger charge is -2.06.